The van der Waals surface area contributed by atoms with Gasteiger partial charge in [0.1, 0.15) is 12.2 Å². The van der Waals surface area contributed by atoms with Gasteiger partial charge in [0, 0.05) is 23.3 Å². The molecule has 12 aliphatic rings. The highest BCUT2D eigenvalue weighted by Gasteiger charge is 2.87. The maximum absolute atomic E-state index is 13.8. The van der Waals surface area contributed by atoms with E-state index in [2.05, 4.69) is 145 Å². The summed E-state index contributed by atoms with van der Waals surface area (Å²) in [7, 11) is -0.581. The number of carbonyl (C=O) groups excluding carboxylic acids is 2. The van der Waals surface area contributed by atoms with E-state index in [0.717, 1.165) is 54.6 Å². The first kappa shape index (κ1) is 64.9. The zero-order valence-corrected chi connectivity index (χ0v) is 60.6. The van der Waals surface area contributed by atoms with Crippen molar-refractivity contribution in [3.8, 4) is 0 Å². The molecule has 10 heteroatoms. The van der Waals surface area contributed by atoms with Gasteiger partial charge < -0.3 is 18.3 Å². The van der Waals surface area contributed by atoms with Crippen LogP contribution in [-0.2, 0) is 32.8 Å². The molecule has 24 atom stereocenters. The smallest absolute Gasteiger partial charge is 0.274 e. The summed E-state index contributed by atoms with van der Waals surface area (Å²) >= 11 is 0. The highest BCUT2D eigenvalue weighted by atomic mass is 28.4. The zero-order valence-electron chi connectivity index (χ0n) is 58.6. The van der Waals surface area contributed by atoms with Gasteiger partial charge in [0.2, 0.25) is 0 Å². The van der Waals surface area contributed by atoms with Gasteiger partial charge in [0.15, 0.2) is 22.4 Å². The molecule has 4 unspecified atom stereocenters. The number of ketones is 1. The molecule has 12 fully saturated rings. The van der Waals surface area contributed by atoms with E-state index in [1.807, 2.05) is 0 Å². The van der Waals surface area contributed by atoms with Crippen molar-refractivity contribution in [2.45, 2.75) is 321 Å². The van der Waals surface area contributed by atoms with E-state index in [4.69, 9.17) is 23.2 Å². The molecule has 10 saturated carbocycles. The van der Waals surface area contributed by atoms with Gasteiger partial charge in [-0.1, -0.05) is 145 Å². The summed E-state index contributed by atoms with van der Waals surface area (Å²) in [6.45, 7) is 51.6. The number of fused-ring (bicyclic) bond motifs is 8. The summed E-state index contributed by atoms with van der Waals surface area (Å²) < 4.78 is 29.9. The molecule has 2 saturated heterocycles. The van der Waals surface area contributed by atoms with Crippen molar-refractivity contribution in [2.75, 3.05) is 14.2 Å². The van der Waals surface area contributed by atoms with Crippen LogP contribution < -0.4 is 0 Å². The number of hydrogen-bond donors (Lipinski definition) is 0. The number of rotatable bonds is 13. The minimum atomic E-state index is -1.95. The van der Waals surface area contributed by atoms with Crippen LogP contribution in [0.2, 0.25) is 36.3 Å². The zero-order chi connectivity index (χ0) is 61.6. The second-order valence-electron chi connectivity index (χ2n) is 36.1. The molecule has 8 nitrogen and oxygen atoms in total. The Morgan fingerprint density at radius 2 is 0.857 bits per heavy atom. The summed E-state index contributed by atoms with van der Waals surface area (Å²) in [5.41, 5.74) is 3.05. The molecule has 480 valence electrons. The minimum Gasteiger partial charge on any atom is -0.411 e. The molecule has 1 amide bonds. The van der Waals surface area contributed by atoms with Crippen LogP contribution in [-0.4, -0.2) is 84.2 Å². The second kappa shape index (κ2) is 20.9. The molecule has 0 bridgehead atoms. The van der Waals surface area contributed by atoms with Gasteiger partial charge in [-0.3, -0.25) is 14.4 Å². The predicted molar refractivity (Wildman–Crippen MR) is 347 cm³/mol. The molecule has 4 spiro atoms. The third-order valence-corrected chi connectivity index (χ3v) is 42.4. The van der Waals surface area contributed by atoms with E-state index in [9.17, 15) is 9.59 Å². The first-order valence-corrected chi connectivity index (χ1v) is 41.2. The molecule has 12 rings (SSSR count). The third-order valence-electron chi connectivity index (χ3n) is 33.1. The van der Waals surface area contributed by atoms with Crippen molar-refractivity contribution < 1.29 is 32.8 Å². The van der Waals surface area contributed by atoms with Gasteiger partial charge in [-0.15, -0.1) is 0 Å². The standard InChI is InChI=1S/C38H66O3Si.C36H63NO4Si/c1-13-42(14-2,15-3)41-32-30-29(24(4)22-26(40-30)31(39)33(6,7)8)35(11)20-21-38-23-37(38)19-18-25(5)34(9,10)27(37)16-17-28(38)36(32,35)12;1-12-42(13-2,14-3)41-30-29-28(23(4)21-25(40-29)31(38)37(10)39-11)33(8)19-20-36-22-35(36)18-17-24(5)32(6,7)26(35)15-16-27(36)34(30,33)9/h24-30,32H,13-23H2,1-12H3;23-30H,12-22H2,1-11H3/t24-,25+,26-,27+,28+,29?,30+,32+,35-,36-,37?,38+;23-,24+,25-,26+,27+,28?,29+,30+,33-,34-,35?,36+/m11/s1. The van der Waals surface area contributed by atoms with Crippen molar-refractivity contribution in [2.24, 2.45) is 119 Å². The second-order valence-corrected chi connectivity index (χ2v) is 45.6. The maximum Gasteiger partial charge on any atom is 0.274 e. The quantitative estimate of drug-likeness (QED) is 0.134. The monoisotopic (exact) mass is 1200 g/mol. The molecule has 2 aliphatic heterocycles. The number of likely N-dealkylation sites (N-methyl/N-ethyl adjacent to an activating group) is 1. The van der Waals surface area contributed by atoms with Gasteiger partial charge in [-0.25, -0.2) is 5.06 Å². The molecule has 0 N–H and O–H groups in total. The molecule has 0 aromatic rings. The Balaban J connectivity index is 0.000000175. The number of amides is 1. The van der Waals surface area contributed by atoms with Gasteiger partial charge in [0.25, 0.3) is 5.91 Å². The Hall–Kier alpha value is -0.626. The Bertz CT molecular complexity index is 2490. The molecule has 0 aromatic heterocycles. The fourth-order valence-corrected chi connectivity index (χ4v) is 32.7. The fourth-order valence-electron chi connectivity index (χ4n) is 26.9. The van der Waals surface area contributed by atoms with E-state index >= 15 is 0 Å². The highest BCUT2D eigenvalue weighted by molar-refractivity contribution is 6.74. The highest BCUT2D eigenvalue weighted by Crippen LogP contribution is 2.92. The Kier molecular flexibility index (Phi) is 16.2. The van der Waals surface area contributed by atoms with Crippen molar-refractivity contribution >= 4 is 28.3 Å². The van der Waals surface area contributed by atoms with Crippen LogP contribution in [0.25, 0.3) is 0 Å². The first-order chi connectivity index (χ1) is 39.1. The Morgan fingerprint density at radius 1 is 0.512 bits per heavy atom. The van der Waals surface area contributed by atoms with Crippen LogP contribution in [0, 0.1) is 119 Å². The van der Waals surface area contributed by atoms with Gasteiger partial charge >= 0.3 is 0 Å². The molecule has 0 radical (unpaired) electrons. The Labute approximate surface area is 517 Å². The Morgan fingerprint density at radius 3 is 1.21 bits per heavy atom. The lowest BCUT2D eigenvalue weighted by Crippen LogP contribution is -2.60. The molecular formula is C74H129NO7Si2. The van der Waals surface area contributed by atoms with Crippen LogP contribution in [0.5, 0.6) is 0 Å². The van der Waals surface area contributed by atoms with Crippen LogP contribution in [0.15, 0.2) is 0 Å². The normalized spacial score (nSPS) is 50.8. The first-order valence-electron chi connectivity index (χ1n) is 36.2. The third kappa shape index (κ3) is 8.32. The molecular weight excluding hydrogens is 1070 g/mol. The van der Waals surface area contributed by atoms with E-state index in [-0.39, 0.29) is 63.5 Å². The van der Waals surface area contributed by atoms with Gasteiger partial charge in [0.05, 0.1) is 31.5 Å². The van der Waals surface area contributed by atoms with E-state index < -0.39 is 22.7 Å². The van der Waals surface area contributed by atoms with Crippen LogP contribution >= 0.6 is 0 Å². The number of carbonyl (C=O) groups is 2. The molecule has 10 aliphatic carbocycles. The summed E-state index contributed by atoms with van der Waals surface area (Å²) in [6.07, 6.45) is 20.6. The lowest BCUT2D eigenvalue weighted by atomic mass is 9.41. The van der Waals surface area contributed by atoms with E-state index in [0.29, 0.717) is 73.8 Å². The van der Waals surface area contributed by atoms with Crippen molar-refractivity contribution in [1.29, 1.82) is 0 Å². The number of hydroxylamine groups is 2. The van der Waals surface area contributed by atoms with Crippen molar-refractivity contribution in [3.63, 3.8) is 0 Å². The average molecular weight is 1200 g/mol. The summed E-state index contributed by atoms with van der Waals surface area (Å²) in [5, 5.41) is 1.37. The van der Waals surface area contributed by atoms with Crippen molar-refractivity contribution in [1.82, 2.24) is 5.06 Å². The van der Waals surface area contributed by atoms with Crippen molar-refractivity contribution in [3.05, 3.63) is 0 Å². The summed E-state index contributed by atoms with van der Waals surface area (Å²) in [6, 6.07) is 6.98. The fraction of sp³-hybridized carbons (Fsp3) is 0.973. The average Bonchev–Trinajstić information content (AvgIpc) is 1.47. The minimum absolute atomic E-state index is 0.0233. The predicted octanol–water partition coefficient (Wildman–Crippen LogP) is 18.6. The molecule has 0 aromatic carbocycles. The summed E-state index contributed by atoms with van der Waals surface area (Å²) in [4.78, 5) is 32.6. The maximum atomic E-state index is 13.8. The summed E-state index contributed by atoms with van der Waals surface area (Å²) in [5.74, 6) is 6.81. The van der Waals surface area contributed by atoms with Gasteiger partial charge in [-0.2, -0.15) is 0 Å². The van der Waals surface area contributed by atoms with E-state index in [1.165, 1.54) is 113 Å². The van der Waals surface area contributed by atoms with Crippen LogP contribution in [0.3, 0.4) is 0 Å². The number of ether oxygens (including phenoxy) is 2. The number of hydrogen-bond acceptors (Lipinski definition) is 7. The van der Waals surface area contributed by atoms with Gasteiger partial charge in [-0.05, 0) is 241 Å². The largest absolute Gasteiger partial charge is 0.411 e. The number of nitrogens with zero attached hydrogens (tertiary/aromatic N) is 1. The number of Topliss-reactive ketones (excluding diaryl/α,β-unsaturated/α-hetero) is 1. The lowest BCUT2D eigenvalue weighted by molar-refractivity contribution is -0.199. The van der Waals surface area contributed by atoms with E-state index in [1.54, 1.807) is 14.2 Å². The lowest BCUT2D eigenvalue weighted by Gasteiger charge is -2.64. The van der Waals surface area contributed by atoms with Crippen LogP contribution in [0.1, 0.15) is 248 Å². The molecule has 2 heterocycles. The SMILES string of the molecule is CC[Si](CC)(CC)O[C@H]1[C@H]2O[C@@H](C(=O)C(C)(C)C)C[C@@H](C)C2[C@@]2(C)CC[C@@]34CC35CC[C@H](C)C(C)(C)[C@@H]5CC[C@H]4[C@]12C.CC[Si](CC)(CC)O[C@H]1[C@H]2O[C@@H](C(=O)N(C)OC)C[C@@H](C)C2[C@@]2(C)CC[C@@]34CC35CC[C@H](C)C(C)(C)[C@@H]5CC[C@H]4[C@]12C. The van der Waals surface area contributed by atoms with Crippen LogP contribution in [0.4, 0.5) is 0 Å². The topological polar surface area (TPSA) is 83.5 Å². The molecule has 84 heavy (non-hydrogen) atoms.